The van der Waals surface area contributed by atoms with Crippen LogP contribution in [0.1, 0.15) is 6.92 Å². The number of nitrogens with zero attached hydrogens (tertiary/aromatic N) is 1. The van der Waals surface area contributed by atoms with Gasteiger partial charge in [-0.15, -0.1) is 0 Å². The number of fused-ring (bicyclic) bond motifs is 1. The molecule has 0 bridgehead atoms. The summed E-state index contributed by atoms with van der Waals surface area (Å²) in [7, 11) is -3.46. The largest absolute Gasteiger partial charge is 0.489 e. The number of ether oxygens (including phenoxy) is 1. The average molecular weight is 338 g/mol. The van der Waals surface area contributed by atoms with Gasteiger partial charge in [0.2, 0.25) is 5.91 Å². The predicted octanol–water partition coefficient (Wildman–Crippen LogP) is 2.15. The summed E-state index contributed by atoms with van der Waals surface area (Å²) in [5.41, 5.74) is 0.436. The van der Waals surface area contributed by atoms with E-state index in [0.29, 0.717) is 16.5 Å². The zero-order valence-electron chi connectivity index (χ0n) is 10.9. The van der Waals surface area contributed by atoms with E-state index in [-0.39, 0.29) is 18.2 Å². The lowest BCUT2D eigenvalue weighted by Crippen LogP contribution is -2.45. The lowest BCUT2D eigenvalue weighted by atomic mass is 10.2. The number of hydrogen-bond acceptors (Lipinski definition) is 4. The van der Waals surface area contributed by atoms with Gasteiger partial charge < -0.3 is 9.64 Å². The van der Waals surface area contributed by atoms with Gasteiger partial charge in [0.05, 0.1) is 22.3 Å². The summed E-state index contributed by atoms with van der Waals surface area (Å²) in [4.78, 5) is 13.7. The standard InChI is InChI=1S/C12H13Cl2NO4S/c1-7(20(2,17)18)12(16)15-3-4-19-11-6-9(14)8(13)5-10(11)15/h5-7H,3-4H2,1-2H3. The molecular formula is C12H13Cl2NO4S. The molecule has 1 unspecified atom stereocenters. The van der Waals surface area contributed by atoms with Crippen LogP contribution in [-0.4, -0.2) is 39.0 Å². The summed E-state index contributed by atoms with van der Waals surface area (Å²) in [6.07, 6.45) is 1.03. The summed E-state index contributed by atoms with van der Waals surface area (Å²) in [5.74, 6) is -0.0878. The molecule has 0 spiro atoms. The predicted molar refractivity (Wildman–Crippen MR) is 78.6 cm³/mol. The van der Waals surface area contributed by atoms with Crippen LogP contribution in [0, 0.1) is 0 Å². The fourth-order valence-electron chi connectivity index (χ4n) is 1.84. The molecule has 1 heterocycles. The quantitative estimate of drug-likeness (QED) is 0.829. The molecule has 1 aliphatic heterocycles. The number of sulfone groups is 1. The van der Waals surface area contributed by atoms with Gasteiger partial charge >= 0.3 is 0 Å². The lowest BCUT2D eigenvalue weighted by Gasteiger charge is -2.31. The zero-order chi connectivity index (χ0) is 15.1. The van der Waals surface area contributed by atoms with Gasteiger partial charge in [-0.1, -0.05) is 23.2 Å². The minimum Gasteiger partial charge on any atom is -0.489 e. The molecule has 0 aliphatic carbocycles. The van der Waals surface area contributed by atoms with Crippen LogP contribution < -0.4 is 9.64 Å². The van der Waals surface area contributed by atoms with Crippen molar-refractivity contribution in [1.29, 1.82) is 0 Å². The van der Waals surface area contributed by atoms with E-state index in [0.717, 1.165) is 6.26 Å². The van der Waals surface area contributed by atoms with Gasteiger partial charge in [-0.3, -0.25) is 4.79 Å². The van der Waals surface area contributed by atoms with Gasteiger partial charge in [-0.2, -0.15) is 0 Å². The first-order valence-electron chi connectivity index (χ1n) is 5.84. The van der Waals surface area contributed by atoms with E-state index in [4.69, 9.17) is 27.9 Å². The minimum atomic E-state index is -3.46. The number of halogens is 2. The maximum atomic E-state index is 12.3. The fraction of sp³-hybridized carbons (Fsp3) is 0.417. The summed E-state index contributed by atoms with van der Waals surface area (Å²) < 4.78 is 28.5. The van der Waals surface area contributed by atoms with Crippen molar-refractivity contribution in [2.24, 2.45) is 0 Å². The van der Waals surface area contributed by atoms with E-state index >= 15 is 0 Å². The molecular weight excluding hydrogens is 325 g/mol. The summed E-state index contributed by atoms with van der Waals surface area (Å²) in [5, 5.41) is -0.528. The first-order chi connectivity index (χ1) is 9.21. The van der Waals surface area contributed by atoms with Gasteiger partial charge in [-0.25, -0.2) is 8.42 Å². The van der Waals surface area contributed by atoms with E-state index < -0.39 is 21.0 Å². The number of benzene rings is 1. The Balaban J connectivity index is 2.43. The van der Waals surface area contributed by atoms with Crippen molar-refractivity contribution in [2.75, 3.05) is 24.3 Å². The second-order valence-corrected chi connectivity index (χ2v) is 7.72. The molecule has 0 fully saturated rings. The summed E-state index contributed by atoms with van der Waals surface area (Å²) >= 11 is 11.8. The molecule has 110 valence electrons. The second kappa shape index (κ2) is 5.42. The highest BCUT2D eigenvalue weighted by Crippen LogP contribution is 2.38. The van der Waals surface area contributed by atoms with Crippen LogP contribution >= 0.6 is 23.2 Å². The van der Waals surface area contributed by atoms with Crippen LogP contribution in [-0.2, 0) is 14.6 Å². The van der Waals surface area contributed by atoms with Crippen molar-refractivity contribution in [3.63, 3.8) is 0 Å². The first-order valence-corrected chi connectivity index (χ1v) is 8.55. The van der Waals surface area contributed by atoms with Crippen LogP contribution in [0.4, 0.5) is 5.69 Å². The Morgan fingerprint density at radius 1 is 1.35 bits per heavy atom. The maximum absolute atomic E-state index is 12.3. The number of anilines is 1. The van der Waals surface area contributed by atoms with E-state index in [1.807, 2.05) is 0 Å². The van der Waals surface area contributed by atoms with Gasteiger partial charge in [0.1, 0.15) is 17.6 Å². The molecule has 5 nitrogen and oxygen atoms in total. The maximum Gasteiger partial charge on any atom is 0.245 e. The highest BCUT2D eigenvalue weighted by molar-refractivity contribution is 7.92. The molecule has 20 heavy (non-hydrogen) atoms. The van der Waals surface area contributed by atoms with E-state index in [9.17, 15) is 13.2 Å². The average Bonchev–Trinajstić information content (AvgIpc) is 2.36. The molecule has 2 rings (SSSR count). The minimum absolute atomic E-state index is 0.268. The third kappa shape index (κ3) is 2.87. The van der Waals surface area contributed by atoms with Crippen LogP contribution in [0.25, 0.3) is 0 Å². The highest BCUT2D eigenvalue weighted by Gasteiger charge is 2.32. The molecule has 0 saturated heterocycles. The Morgan fingerprint density at radius 3 is 2.55 bits per heavy atom. The van der Waals surface area contributed by atoms with Crippen molar-refractivity contribution < 1.29 is 17.9 Å². The van der Waals surface area contributed by atoms with Gasteiger partial charge in [0.25, 0.3) is 0 Å². The monoisotopic (exact) mass is 337 g/mol. The Labute approximate surface area is 127 Å². The number of carbonyl (C=O) groups is 1. The van der Waals surface area contributed by atoms with Crippen LogP contribution in [0.2, 0.25) is 10.0 Å². The molecule has 0 radical (unpaired) electrons. The number of rotatable bonds is 2. The Hall–Kier alpha value is -0.980. The van der Waals surface area contributed by atoms with Crippen molar-refractivity contribution in [2.45, 2.75) is 12.2 Å². The summed E-state index contributed by atoms with van der Waals surface area (Å²) in [6, 6.07) is 3.02. The lowest BCUT2D eigenvalue weighted by molar-refractivity contribution is -0.118. The summed E-state index contributed by atoms with van der Waals surface area (Å²) in [6.45, 7) is 1.90. The molecule has 0 N–H and O–H groups in total. The molecule has 8 heteroatoms. The molecule has 1 aromatic rings. The Kier molecular flexibility index (Phi) is 4.18. The van der Waals surface area contributed by atoms with Crippen molar-refractivity contribution in [3.8, 4) is 5.75 Å². The molecule has 0 saturated carbocycles. The third-order valence-corrected chi connectivity index (χ3v) is 5.33. The van der Waals surface area contributed by atoms with Gasteiger partial charge in [-0.05, 0) is 13.0 Å². The zero-order valence-corrected chi connectivity index (χ0v) is 13.2. The first kappa shape index (κ1) is 15.4. The molecule has 1 atom stereocenters. The SMILES string of the molecule is CC(C(=O)N1CCOc2cc(Cl)c(Cl)cc21)S(C)(=O)=O. The normalized spacial score (nSPS) is 16.3. The van der Waals surface area contributed by atoms with Crippen LogP contribution in [0.15, 0.2) is 12.1 Å². The van der Waals surface area contributed by atoms with Crippen molar-refractivity contribution in [1.82, 2.24) is 0 Å². The van der Waals surface area contributed by atoms with E-state index in [2.05, 4.69) is 0 Å². The van der Waals surface area contributed by atoms with Crippen molar-refractivity contribution >= 4 is 44.6 Å². The van der Waals surface area contributed by atoms with Crippen LogP contribution in [0.3, 0.4) is 0 Å². The molecule has 0 aromatic heterocycles. The Bertz CT molecular complexity index is 660. The van der Waals surface area contributed by atoms with Gasteiger partial charge in [0, 0.05) is 12.3 Å². The number of carbonyl (C=O) groups excluding carboxylic acids is 1. The molecule has 1 aromatic carbocycles. The fourth-order valence-corrected chi connectivity index (χ4v) is 2.65. The van der Waals surface area contributed by atoms with Gasteiger partial charge in [0.15, 0.2) is 9.84 Å². The highest BCUT2D eigenvalue weighted by atomic mass is 35.5. The molecule has 1 amide bonds. The topological polar surface area (TPSA) is 63.7 Å². The second-order valence-electron chi connectivity index (χ2n) is 4.54. The Morgan fingerprint density at radius 2 is 1.95 bits per heavy atom. The van der Waals surface area contributed by atoms with Crippen LogP contribution in [0.5, 0.6) is 5.75 Å². The van der Waals surface area contributed by atoms with E-state index in [1.54, 1.807) is 0 Å². The smallest absolute Gasteiger partial charge is 0.245 e. The number of hydrogen-bond donors (Lipinski definition) is 0. The molecule has 1 aliphatic rings. The van der Waals surface area contributed by atoms with E-state index in [1.165, 1.54) is 24.0 Å². The number of amides is 1. The van der Waals surface area contributed by atoms with Crippen molar-refractivity contribution in [3.05, 3.63) is 22.2 Å². The third-order valence-electron chi connectivity index (χ3n) is 3.12.